The van der Waals surface area contributed by atoms with Gasteiger partial charge in [0.25, 0.3) is 0 Å². The number of carbonyl (C=O) groups is 6. The number of aliphatic carboxylic acids is 1. The number of carbonyl (C=O) groups excluding carboxylic acids is 5. The molecule has 0 aromatic carbocycles. The van der Waals surface area contributed by atoms with Gasteiger partial charge in [0.1, 0.15) is 19.0 Å². The lowest BCUT2D eigenvalue weighted by molar-refractivity contribution is -0.137. The van der Waals surface area contributed by atoms with Crippen molar-refractivity contribution in [3.63, 3.8) is 0 Å². The third-order valence-electron chi connectivity index (χ3n) is 11.1. The second-order valence-corrected chi connectivity index (χ2v) is 16.9. The molecule has 63 heavy (non-hydrogen) atoms. The maximum atomic E-state index is 13.0. The number of unbranched alkanes of at least 4 members (excludes halogenated alkanes) is 15. The van der Waals surface area contributed by atoms with E-state index in [-0.39, 0.29) is 93.5 Å². The molecule has 1 aliphatic rings. The number of carboxylic acids is 1. The molecule has 0 spiro atoms. The predicted octanol–water partition coefficient (Wildman–Crippen LogP) is 6.24. The van der Waals surface area contributed by atoms with Crippen molar-refractivity contribution in [1.29, 1.82) is 0 Å². The Morgan fingerprint density at radius 3 is 1.48 bits per heavy atom. The van der Waals surface area contributed by atoms with Crippen LogP contribution in [0.3, 0.4) is 0 Å². The summed E-state index contributed by atoms with van der Waals surface area (Å²) in [4.78, 5) is 71.0. The molecule has 1 saturated carbocycles. The van der Waals surface area contributed by atoms with Crippen molar-refractivity contribution in [3.05, 3.63) is 12.3 Å². The van der Waals surface area contributed by atoms with Crippen LogP contribution in [0.4, 0.5) is 0 Å². The number of carboxylic acid groups (broad SMARTS) is 1. The van der Waals surface area contributed by atoms with Gasteiger partial charge in [-0.15, -0.1) is 0 Å². The van der Waals surface area contributed by atoms with E-state index in [2.05, 4.69) is 27.8 Å². The van der Waals surface area contributed by atoms with Crippen LogP contribution < -0.4 is 21.3 Å². The van der Waals surface area contributed by atoms with Gasteiger partial charge in [0.15, 0.2) is 5.78 Å². The van der Waals surface area contributed by atoms with E-state index in [4.69, 9.17) is 24.1 Å². The van der Waals surface area contributed by atoms with Gasteiger partial charge in [-0.1, -0.05) is 96.5 Å². The van der Waals surface area contributed by atoms with Crippen molar-refractivity contribution in [2.24, 2.45) is 11.8 Å². The van der Waals surface area contributed by atoms with Crippen LogP contribution in [-0.2, 0) is 47.7 Å². The highest BCUT2D eigenvalue weighted by Crippen LogP contribution is 2.29. The van der Waals surface area contributed by atoms with Gasteiger partial charge >= 0.3 is 5.97 Å². The molecule has 0 unspecified atom stereocenters. The maximum Gasteiger partial charge on any atom is 0.303 e. The predicted molar refractivity (Wildman–Crippen MR) is 242 cm³/mol. The molecule has 0 saturated heterocycles. The summed E-state index contributed by atoms with van der Waals surface area (Å²) < 4.78 is 21.1. The molecule has 1 atom stereocenters. The molecule has 1 fully saturated rings. The summed E-state index contributed by atoms with van der Waals surface area (Å²) in [6.07, 6.45) is 23.2. The van der Waals surface area contributed by atoms with Crippen molar-refractivity contribution in [1.82, 2.24) is 21.3 Å². The average molecular weight is 897 g/mol. The van der Waals surface area contributed by atoms with Crippen molar-refractivity contribution in [3.8, 4) is 0 Å². The van der Waals surface area contributed by atoms with E-state index in [1.807, 2.05) is 0 Å². The molecule has 0 aromatic heterocycles. The molecule has 0 radical (unpaired) electrons. The summed E-state index contributed by atoms with van der Waals surface area (Å²) in [6.45, 7) is 7.85. The Morgan fingerprint density at radius 2 is 0.984 bits per heavy atom. The Labute approximate surface area is 377 Å². The smallest absolute Gasteiger partial charge is 0.303 e. The SMILES string of the molecule is C=C(O)[C@H](CCC(=O)NCCOCCOCC(=O)NCCOCCOCC(C)=O)NC(=O)C1CCC(CNC(=O)CCCCCCCCCCCCCCCCCCC(=O)O)CC1. The summed E-state index contributed by atoms with van der Waals surface area (Å²) in [7, 11) is 0. The third kappa shape index (κ3) is 36.4. The maximum absolute atomic E-state index is 13.0. The molecule has 6 N–H and O–H groups in total. The van der Waals surface area contributed by atoms with Crippen LogP contribution in [0.2, 0.25) is 0 Å². The number of amides is 4. The fraction of sp³-hybridized carbons (Fsp3) is 0.830. The summed E-state index contributed by atoms with van der Waals surface area (Å²) in [6, 6.07) is -0.732. The highest BCUT2D eigenvalue weighted by molar-refractivity contribution is 5.80. The van der Waals surface area contributed by atoms with Gasteiger partial charge in [-0.3, -0.25) is 28.8 Å². The molecule has 0 bridgehead atoms. The summed E-state index contributed by atoms with van der Waals surface area (Å²) in [5, 5.41) is 30.2. The zero-order valence-electron chi connectivity index (χ0n) is 38.7. The van der Waals surface area contributed by atoms with Crippen LogP contribution in [0, 0.1) is 11.8 Å². The average Bonchev–Trinajstić information content (AvgIpc) is 3.25. The van der Waals surface area contributed by atoms with Crippen LogP contribution in [0.25, 0.3) is 0 Å². The summed E-state index contributed by atoms with van der Waals surface area (Å²) >= 11 is 0. The van der Waals surface area contributed by atoms with Gasteiger partial charge in [0.05, 0.1) is 45.7 Å². The van der Waals surface area contributed by atoms with E-state index in [0.717, 1.165) is 44.9 Å². The van der Waals surface area contributed by atoms with E-state index in [1.165, 1.54) is 77.6 Å². The number of Topliss-reactive ketones (excluding diaryl/α,β-unsaturated/α-hetero) is 1. The van der Waals surface area contributed by atoms with E-state index in [0.29, 0.717) is 64.5 Å². The molecule has 364 valence electrons. The quantitative estimate of drug-likeness (QED) is 0.0295. The number of nitrogens with one attached hydrogen (secondary N) is 4. The lowest BCUT2D eigenvalue weighted by atomic mass is 9.81. The highest BCUT2D eigenvalue weighted by Gasteiger charge is 2.28. The number of aliphatic hydroxyl groups is 1. The van der Waals surface area contributed by atoms with Crippen molar-refractivity contribution < 1.29 is 57.9 Å². The first-order valence-corrected chi connectivity index (χ1v) is 24.0. The van der Waals surface area contributed by atoms with E-state index < -0.39 is 12.0 Å². The van der Waals surface area contributed by atoms with E-state index in [9.17, 15) is 33.9 Å². The Bertz CT molecular complexity index is 1260. The molecular weight excluding hydrogens is 813 g/mol. The Balaban J connectivity index is 2.00. The lowest BCUT2D eigenvalue weighted by Crippen LogP contribution is -2.42. The van der Waals surface area contributed by atoms with E-state index >= 15 is 0 Å². The normalized spacial score (nSPS) is 15.3. The van der Waals surface area contributed by atoms with Crippen LogP contribution in [0.1, 0.15) is 161 Å². The monoisotopic (exact) mass is 897 g/mol. The molecule has 1 aliphatic carbocycles. The summed E-state index contributed by atoms with van der Waals surface area (Å²) in [5.74, 6) is -1.38. The first-order chi connectivity index (χ1) is 30.5. The summed E-state index contributed by atoms with van der Waals surface area (Å²) in [5.41, 5.74) is 0. The van der Waals surface area contributed by atoms with Crippen LogP contribution in [0.5, 0.6) is 0 Å². The molecular formula is C47H84N4O12. The molecule has 0 aliphatic heterocycles. The number of hydrogen-bond acceptors (Lipinski definition) is 11. The third-order valence-corrected chi connectivity index (χ3v) is 11.1. The molecule has 16 heteroatoms. The minimum absolute atomic E-state index is 0.0509. The number of ether oxygens (including phenoxy) is 4. The second kappa shape index (κ2) is 40.0. The standard InChI is InChI=1S/C47H84N4O12/c1-38(52)36-62-33-31-61-30-28-49-45(56)37-63-34-32-60-29-27-48-44(55)26-25-42(39(2)53)51-47(59)41-23-21-40(22-24-41)35-50-43(54)19-17-15-13-11-9-7-5-3-4-6-8-10-12-14-16-18-20-46(57)58/h40-42,53H,2-37H2,1H3,(H,48,55)(H,49,56)(H,50,54)(H,51,59)(H,57,58)/t40?,41?,42-/m0/s1. The molecule has 1 rings (SSSR count). The van der Waals surface area contributed by atoms with Gasteiger partial charge < -0.3 is 50.4 Å². The van der Waals surface area contributed by atoms with Gasteiger partial charge in [-0.25, -0.2) is 0 Å². The first kappa shape index (κ1) is 57.4. The fourth-order valence-electron chi connectivity index (χ4n) is 7.38. The zero-order valence-corrected chi connectivity index (χ0v) is 38.7. The topological polar surface area (TPSA) is 228 Å². The number of ketones is 1. The molecule has 0 heterocycles. The molecule has 16 nitrogen and oxygen atoms in total. The fourth-order valence-corrected chi connectivity index (χ4v) is 7.38. The van der Waals surface area contributed by atoms with Gasteiger partial charge in [-0.2, -0.15) is 0 Å². The molecule has 4 amide bonds. The Kier molecular flexibility index (Phi) is 36.4. The van der Waals surface area contributed by atoms with Crippen LogP contribution >= 0.6 is 0 Å². The highest BCUT2D eigenvalue weighted by atomic mass is 16.5. The van der Waals surface area contributed by atoms with Gasteiger partial charge in [-0.05, 0) is 57.8 Å². The number of aliphatic hydroxyl groups excluding tert-OH is 1. The number of hydrogen-bond donors (Lipinski definition) is 6. The molecule has 0 aromatic rings. The van der Waals surface area contributed by atoms with Crippen LogP contribution in [0.15, 0.2) is 12.3 Å². The minimum atomic E-state index is -0.732. The Hall–Kier alpha value is -3.60. The Morgan fingerprint density at radius 1 is 0.540 bits per heavy atom. The van der Waals surface area contributed by atoms with Crippen molar-refractivity contribution in [2.45, 2.75) is 167 Å². The second-order valence-electron chi connectivity index (χ2n) is 16.9. The van der Waals surface area contributed by atoms with Gasteiger partial charge in [0, 0.05) is 44.8 Å². The van der Waals surface area contributed by atoms with Gasteiger partial charge in [0.2, 0.25) is 23.6 Å². The van der Waals surface area contributed by atoms with Crippen molar-refractivity contribution >= 4 is 35.4 Å². The van der Waals surface area contributed by atoms with Crippen molar-refractivity contribution in [2.75, 3.05) is 72.5 Å². The largest absolute Gasteiger partial charge is 0.511 e. The number of rotatable bonds is 43. The van der Waals surface area contributed by atoms with E-state index in [1.54, 1.807) is 0 Å². The lowest BCUT2D eigenvalue weighted by Gasteiger charge is -2.29. The minimum Gasteiger partial charge on any atom is -0.511 e. The first-order valence-electron chi connectivity index (χ1n) is 24.0. The van der Waals surface area contributed by atoms with Crippen LogP contribution in [-0.4, -0.2) is 124 Å². The zero-order chi connectivity index (χ0) is 46.2.